The molecule has 2 aliphatic rings. The monoisotopic (exact) mass is 426 g/mol. The Morgan fingerprint density at radius 2 is 1.74 bits per heavy atom. The number of rotatable bonds is 7. The molecule has 31 heavy (non-hydrogen) atoms. The summed E-state index contributed by atoms with van der Waals surface area (Å²) in [6, 6.07) is 8.07. The van der Waals surface area contributed by atoms with Gasteiger partial charge in [0.15, 0.2) is 0 Å². The lowest BCUT2D eigenvalue weighted by Gasteiger charge is -2.33. The molecule has 2 fully saturated rings. The zero-order valence-electron chi connectivity index (χ0n) is 19.2. The van der Waals surface area contributed by atoms with E-state index in [4.69, 9.17) is 4.74 Å². The molecule has 170 valence electrons. The van der Waals surface area contributed by atoms with Crippen molar-refractivity contribution in [3.8, 4) is 5.75 Å². The standard InChI is InChI=1S/C25H38N4O2/c1-19(2)31-24-9-7-8-22-21(24)18-23(27-22)25(30)26-20-10-14-29(15-11-20)17-16-28-12-5-3-4-6-13-28/h7-9,18-20,27H,3-6,10-17H2,1-2H3,(H,26,30). The molecule has 1 aromatic heterocycles. The predicted molar refractivity (Wildman–Crippen MR) is 126 cm³/mol. The van der Waals surface area contributed by atoms with E-state index in [2.05, 4.69) is 20.1 Å². The Labute approximate surface area is 186 Å². The number of carbonyl (C=O) groups excluding carboxylic acids is 1. The molecule has 6 heteroatoms. The number of fused-ring (bicyclic) bond motifs is 1. The Morgan fingerprint density at radius 3 is 2.42 bits per heavy atom. The van der Waals surface area contributed by atoms with Gasteiger partial charge in [0.25, 0.3) is 5.91 Å². The predicted octanol–water partition coefficient (Wildman–Crippen LogP) is 4.03. The first-order chi connectivity index (χ1) is 15.1. The minimum atomic E-state index is -0.0188. The Bertz CT molecular complexity index is 846. The molecule has 0 spiro atoms. The molecule has 0 aliphatic carbocycles. The van der Waals surface area contributed by atoms with Crippen molar-refractivity contribution in [1.82, 2.24) is 20.1 Å². The van der Waals surface area contributed by atoms with Gasteiger partial charge in [-0.05, 0) is 70.8 Å². The second kappa shape index (κ2) is 10.5. The van der Waals surface area contributed by atoms with Crippen LogP contribution in [0.1, 0.15) is 62.9 Å². The van der Waals surface area contributed by atoms with Gasteiger partial charge in [-0.3, -0.25) is 4.79 Å². The molecule has 4 rings (SSSR count). The number of aromatic nitrogens is 1. The Hall–Kier alpha value is -2.05. The van der Waals surface area contributed by atoms with Crippen molar-refractivity contribution >= 4 is 16.8 Å². The maximum absolute atomic E-state index is 12.9. The number of nitrogens with one attached hydrogen (secondary N) is 2. The number of ether oxygens (including phenoxy) is 1. The molecule has 0 atom stereocenters. The van der Waals surface area contributed by atoms with Gasteiger partial charge in [0.2, 0.25) is 0 Å². The lowest BCUT2D eigenvalue weighted by atomic mass is 10.0. The van der Waals surface area contributed by atoms with Gasteiger partial charge in [-0.15, -0.1) is 0 Å². The summed E-state index contributed by atoms with van der Waals surface area (Å²) in [5.41, 5.74) is 1.55. The number of piperidine rings is 1. The van der Waals surface area contributed by atoms with Crippen LogP contribution in [0.4, 0.5) is 0 Å². The van der Waals surface area contributed by atoms with E-state index in [9.17, 15) is 4.79 Å². The number of benzene rings is 1. The first-order valence-electron chi connectivity index (χ1n) is 12.1. The minimum absolute atomic E-state index is 0.0188. The lowest BCUT2D eigenvalue weighted by molar-refractivity contribution is 0.0902. The number of amides is 1. The summed E-state index contributed by atoms with van der Waals surface area (Å²) in [6.45, 7) is 11.0. The van der Waals surface area contributed by atoms with Crippen LogP contribution in [0.3, 0.4) is 0 Å². The number of carbonyl (C=O) groups is 1. The van der Waals surface area contributed by atoms with Gasteiger partial charge >= 0.3 is 0 Å². The summed E-state index contributed by atoms with van der Waals surface area (Å²) < 4.78 is 5.90. The third-order valence-electron chi connectivity index (χ3n) is 6.59. The molecule has 1 amide bonds. The van der Waals surface area contributed by atoms with Gasteiger partial charge in [-0.1, -0.05) is 18.9 Å². The average molecular weight is 427 g/mol. The molecule has 0 unspecified atom stereocenters. The fraction of sp³-hybridized carbons (Fsp3) is 0.640. The maximum Gasteiger partial charge on any atom is 0.267 e. The van der Waals surface area contributed by atoms with Gasteiger partial charge < -0.3 is 24.8 Å². The smallest absolute Gasteiger partial charge is 0.267 e. The normalized spacial score (nSPS) is 19.6. The Morgan fingerprint density at radius 1 is 1.06 bits per heavy atom. The highest BCUT2D eigenvalue weighted by Crippen LogP contribution is 2.27. The molecule has 6 nitrogen and oxygen atoms in total. The summed E-state index contributed by atoms with van der Waals surface area (Å²) in [4.78, 5) is 21.3. The molecule has 2 saturated heterocycles. The van der Waals surface area contributed by atoms with Crippen molar-refractivity contribution in [1.29, 1.82) is 0 Å². The first-order valence-corrected chi connectivity index (χ1v) is 12.1. The van der Waals surface area contributed by atoms with Crippen LogP contribution in [0.2, 0.25) is 0 Å². The molecular weight excluding hydrogens is 388 g/mol. The quantitative estimate of drug-likeness (QED) is 0.702. The minimum Gasteiger partial charge on any atom is -0.490 e. The molecular formula is C25H38N4O2. The molecule has 0 saturated carbocycles. The molecule has 0 radical (unpaired) electrons. The summed E-state index contributed by atoms with van der Waals surface area (Å²) in [5, 5.41) is 4.21. The van der Waals surface area contributed by atoms with E-state index in [-0.39, 0.29) is 18.1 Å². The number of hydrogen-bond acceptors (Lipinski definition) is 4. The molecule has 2 aliphatic heterocycles. The third kappa shape index (κ3) is 6.01. The summed E-state index contributed by atoms with van der Waals surface area (Å²) in [7, 11) is 0. The van der Waals surface area contributed by atoms with Gasteiger partial charge in [-0.2, -0.15) is 0 Å². The van der Waals surface area contributed by atoms with Crippen molar-refractivity contribution in [2.75, 3.05) is 39.3 Å². The SMILES string of the molecule is CC(C)Oc1cccc2[nH]c(C(=O)NC3CCN(CCN4CCCCCC4)CC3)cc12. The van der Waals surface area contributed by atoms with Crippen LogP contribution in [-0.4, -0.2) is 72.1 Å². The average Bonchev–Trinajstić information content (AvgIpc) is 3.03. The summed E-state index contributed by atoms with van der Waals surface area (Å²) in [6.07, 6.45) is 7.64. The molecule has 0 bridgehead atoms. The van der Waals surface area contributed by atoms with Crippen LogP contribution in [0.25, 0.3) is 10.9 Å². The van der Waals surface area contributed by atoms with Crippen molar-refractivity contribution in [2.24, 2.45) is 0 Å². The highest BCUT2D eigenvalue weighted by Gasteiger charge is 2.22. The lowest BCUT2D eigenvalue weighted by Crippen LogP contribution is -2.46. The van der Waals surface area contributed by atoms with Crippen LogP contribution in [0, 0.1) is 0 Å². The Balaban J connectivity index is 1.26. The van der Waals surface area contributed by atoms with E-state index >= 15 is 0 Å². The van der Waals surface area contributed by atoms with Crippen LogP contribution in [0.5, 0.6) is 5.75 Å². The van der Waals surface area contributed by atoms with E-state index in [1.54, 1.807) is 0 Å². The maximum atomic E-state index is 12.9. The van der Waals surface area contributed by atoms with Crippen LogP contribution in [-0.2, 0) is 0 Å². The van der Waals surface area contributed by atoms with Gasteiger partial charge in [0.1, 0.15) is 11.4 Å². The van der Waals surface area contributed by atoms with Crippen molar-refractivity contribution < 1.29 is 9.53 Å². The molecule has 3 heterocycles. The van der Waals surface area contributed by atoms with Crippen LogP contribution < -0.4 is 10.1 Å². The number of likely N-dealkylation sites (tertiary alicyclic amines) is 2. The largest absolute Gasteiger partial charge is 0.490 e. The fourth-order valence-corrected chi connectivity index (χ4v) is 4.81. The van der Waals surface area contributed by atoms with E-state index in [0.29, 0.717) is 5.69 Å². The van der Waals surface area contributed by atoms with Gasteiger partial charge in [0.05, 0.1) is 6.10 Å². The number of hydrogen-bond donors (Lipinski definition) is 2. The number of nitrogens with zero attached hydrogens (tertiary/aromatic N) is 2. The van der Waals surface area contributed by atoms with Crippen molar-refractivity contribution in [3.05, 3.63) is 30.0 Å². The second-order valence-corrected chi connectivity index (χ2v) is 9.41. The number of aromatic amines is 1. The van der Waals surface area contributed by atoms with Crippen LogP contribution in [0.15, 0.2) is 24.3 Å². The zero-order chi connectivity index (χ0) is 21.6. The molecule has 2 N–H and O–H groups in total. The fourth-order valence-electron chi connectivity index (χ4n) is 4.81. The highest BCUT2D eigenvalue weighted by atomic mass is 16.5. The van der Waals surface area contributed by atoms with Gasteiger partial charge in [0, 0.05) is 43.1 Å². The van der Waals surface area contributed by atoms with E-state index in [1.165, 1.54) is 45.3 Å². The van der Waals surface area contributed by atoms with E-state index in [0.717, 1.165) is 49.1 Å². The topological polar surface area (TPSA) is 60.6 Å². The van der Waals surface area contributed by atoms with Gasteiger partial charge in [-0.25, -0.2) is 0 Å². The highest BCUT2D eigenvalue weighted by molar-refractivity contribution is 5.99. The van der Waals surface area contributed by atoms with E-state index in [1.807, 2.05) is 38.1 Å². The third-order valence-corrected chi connectivity index (χ3v) is 6.59. The first kappa shape index (κ1) is 22.2. The van der Waals surface area contributed by atoms with Crippen molar-refractivity contribution in [3.63, 3.8) is 0 Å². The molecule has 1 aromatic carbocycles. The van der Waals surface area contributed by atoms with E-state index < -0.39 is 0 Å². The summed E-state index contributed by atoms with van der Waals surface area (Å²) in [5.74, 6) is 0.801. The summed E-state index contributed by atoms with van der Waals surface area (Å²) >= 11 is 0. The molecule has 2 aromatic rings. The Kier molecular flexibility index (Phi) is 7.51. The number of H-pyrrole nitrogens is 1. The second-order valence-electron chi connectivity index (χ2n) is 9.41. The van der Waals surface area contributed by atoms with Crippen molar-refractivity contribution in [2.45, 2.75) is 64.5 Å². The zero-order valence-corrected chi connectivity index (χ0v) is 19.2. The van der Waals surface area contributed by atoms with Crippen LogP contribution >= 0.6 is 0 Å².